The third kappa shape index (κ3) is 6.24. The van der Waals surface area contributed by atoms with Gasteiger partial charge in [-0.2, -0.15) is 0 Å². The number of benzene rings is 1. The number of amides is 3. The summed E-state index contributed by atoms with van der Waals surface area (Å²) in [5, 5.41) is 5.52. The number of rotatable bonds is 5. The Morgan fingerprint density at radius 1 is 1.06 bits per heavy atom. The fourth-order valence-corrected chi connectivity index (χ4v) is 4.49. The van der Waals surface area contributed by atoms with E-state index in [0.717, 1.165) is 36.8 Å². The summed E-state index contributed by atoms with van der Waals surface area (Å²) in [7, 11) is 1.41. The molecule has 9 heteroatoms. The quantitative estimate of drug-likeness (QED) is 0.635. The molecule has 1 aromatic heterocycles. The van der Waals surface area contributed by atoms with Crippen LogP contribution in [0.15, 0.2) is 42.6 Å². The van der Waals surface area contributed by atoms with Crippen molar-refractivity contribution in [2.75, 3.05) is 24.3 Å². The highest BCUT2D eigenvalue weighted by Gasteiger charge is 2.28. The normalized spacial score (nSPS) is 19.5. The maximum absolute atomic E-state index is 12.7. The summed E-state index contributed by atoms with van der Waals surface area (Å²) in [6.45, 7) is 1.04. The van der Waals surface area contributed by atoms with Gasteiger partial charge in [0.1, 0.15) is 11.9 Å². The number of anilines is 2. The van der Waals surface area contributed by atoms with Crippen LogP contribution in [0.5, 0.6) is 0 Å². The first-order valence-corrected chi connectivity index (χ1v) is 11.6. The molecule has 0 radical (unpaired) electrons. The third-order valence-corrected chi connectivity index (χ3v) is 6.39. The second kappa shape index (κ2) is 11.0. The SMILES string of the molecule is COC(=O)CC1CCC(OC(=O)N2CCc3cc(NC(=O)Nc4ccccn4)ccc3C2)CC1. The number of carbonyl (C=O) groups is 3. The molecule has 1 aliphatic carbocycles. The molecule has 0 atom stereocenters. The van der Waals surface area contributed by atoms with Gasteiger partial charge < -0.3 is 19.7 Å². The number of nitrogens with zero attached hydrogens (tertiary/aromatic N) is 2. The Labute approximate surface area is 198 Å². The fourth-order valence-electron chi connectivity index (χ4n) is 4.49. The number of aromatic nitrogens is 1. The van der Waals surface area contributed by atoms with Gasteiger partial charge in [0.2, 0.25) is 0 Å². The second-order valence-electron chi connectivity index (χ2n) is 8.76. The van der Waals surface area contributed by atoms with Crippen LogP contribution in [0.25, 0.3) is 0 Å². The van der Waals surface area contributed by atoms with E-state index in [1.165, 1.54) is 7.11 Å². The number of ether oxygens (including phenoxy) is 2. The Kier molecular flexibility index (Phi) is 7.61. The van der Waals surface area contributed by atoms with Crippen LogP contribution in [0.1, 0.15) is 43.2 Å². The topological polar surface area (TPSA) is 110 Å². The maximum atomic E-state index is 12.7. The van der Waals surface area contributed by atoms with Crippen LogP contribution in [-0.4, -0.2) is 47.7 Å². The molecule has 180 valence electrons. The van der Waals surface area contributed by atoms with Gasteiger partial charge in [0, 0.05) is 31.4 Å². The highest BCUT2D eigenvalue weighted by atomic mass is 16.6. The van der Waals surface area contributed by atoms with Crippen molar-refractivity contribution >= 4 is 29.6 Å². The summed E-state index contributed by atoms with van der Waals surface area (Å²) >= 11 is 0. The number of nitrogens with one attached hydrogen (secondary N) is 2. The van der Waals surface area contributed by atoms with Crippen molar-refractivity contribution in [2.24, 2.45) is 5.92 Å². The molecule has 0 bridgehead atoms. The van der Waals surface area contributed by atoms with Crippen LogP contribution < -0.4 is 10.6 Å². The minimum atomic E-state index is -0.360. The average molecular weight is 467 g/mol. The van der Waals surface area contributed by atoms with E-state index in [2.05, 4.69) is 15.6 Å². The summed E-state index contributed by atoms with van der Waals surface area (Å²) in [6, 6.07) is 10.6. The van der Waals surface area contributed by atoms with E-state index in [1.54, 1.807) is 29.3 Å². The molecule has 0 saturated heterocycles. The number of carbonyl (C=O) groups excluding carboxylic acids is 3. The Morgan fingerprint density at radius 2 is 1.88 bits per heavy atom. The highest BCUT2D eigenvalue weighted by molar-refractivity contribution is 5.99. The molecule has 1 aliphatic heterocycles. The van der Waals surface area contributed by atoms with Gasteiger partial charge in [-0.3, -0.25) is 10.1 Å². The lowest BCUT2D eigenvalue weighted by Gasteiger charge is -2.32. The van der Waals surface area contributed by atoms with E-state index in [9.17, 15) is 14.4 Å². The van der Waals surface area contributed by atoms with Crippen molar-refractivity contribution in [1.82, 2.24) is 9.88 Å². The van der Waals surface area contributed by atoms with Crippen LogP contribution in [0, 0.1) is 5.92 Å². The van der Waals surface area contributed by atoms with E-state index in [0.29, 0.717) is 43.4 Å². The molecule has 34 heavy (non-hydrogen) atoms. The Hall–Kier alpha value is -3.62. The lowest BCUT2D eigenvalue weighted by molar-refractivity contribution is -0.142. The van der Waals surface area contributed by atoms with Crippen molar-refractivity contribution in [3.8, 4) is 0 Å². The van der Waals surface area contributed by atoms with Crippen molar-refractivity contribution in [2.45, 2.75) is 51.2 Å². The van der Waals surface area contributed by atoms with Gasteiger partial charge >= 0.3 is 18.1 Å². The summed E-state index contributed by atoms with van der Waals surface area (Å²) in [4.78, 5) is 42.2. The first-order valence-electron chi connectivity index (χ1n) is 11.6. The molecular weight excluding hydrogens is 436 g/mol. The molecule has 1 fully saturated rings. The molecule has 1 aromatic carbocycles. The molecule has 2 aliphatic rings. The Morgan fingerprint density at radius 3 is 2.62 bits per heavy atom. The summed E-state index contributed by atoms with van der Waals surface area (Å²) in [5.74, 6) is 0.599. The molecule has 0 spiro atoms. The molecule has 3 amide bonds. The van der Waals surface area contributed by atoms with Crippen molar-refractivity contribution in [3.63, 3.8) is 0 Å². The van der Waals surface area contributed by atoms with Gasteiger partial charge in [0.25, 0.3) is 0 Å². The van der Waals surface area contributed by atoms with Crippen LogP contribution in [-0.2, 0) is 27.2 Å². The van der Waals surface area contributed by atoms with E-state index < -0.39 is 0 Å². The zero-order valence-corrected chi connectivity index (χ0v) is 19.3. The van der Waals surface area contributed by atoms with Gasteiger partial charge in [-0.1, -0.05) is 12.1 Å². The summed E-state index contributed by atoms with van der Waals surface area (Å²) < 4.78 is 10.5. The molecule has 9 nitrogen and oxygen atoms in total. The van der Waals surface area contributed by atoms with Crippen molar-refractivity contribution < 1.29 is 23.9 Å². The standard InChI is InChI=1S/C25H30N4O5/c1-33-23(30)14-17-5-9-21(10-6-17)34-25(32)29-13-11-18-15-20(8-7-19(18)16-29)27-24(31)28-22-4-2-3-12-26-22/h2-4,7-8,12,15,17,21H,5-6,9-11,13-14,16H2,1H3,(H2,26,27,28,31). The molecule has 2 aromatic rings. The molecule has 1 saturated carbocycles. The Bertz CT molecular complexity index is 1020. The minimum absolute atomic E-state index is 0.105. The monoisotopic (exact) mass is 466 g/mol. The molecule has 2 heterocycles. The number of fused-ring (bicyclic) bond motifs is 1. The maximum Gasteiger partial charge on any atom is 0.410 e. The Balaban J connectivity index is 1.25. The lowest BCUT2D eigenvalue weighted by Crippen LogP contribution is -2.39. The van der Waals surface area contributed by atoms with E-state index in [4.69, 9.17) is 9.47 Å². The van der Waals surface area contributed by atoms with E-state index in [1.807, 2.05) is 18.2 Å². The number of methoxy groups -OCH3 is 1. The largest absolute Gasteiger partial charge is 0.469 e. The number of pyridine rings is 1. The van der Waals surface area contributed by atoms with Gasteiger partial charge in [-0.05, 0) is 73.4 Å². The van der Waals surface area contributed by atoms with Gasteiger partial charge in [0.15, 0.2) is 0 Å². The second-order valence-corrected chi connectivity index (χ2v) is 8.76. The summed E-state index contributed by atoms with van der Waals surface area (Å²) in [5.41, 5.74) is 2.83. The molecule has 0 unspecified atom stereocenters. The highest BCUT2D eigenvalue weighted by Crippen LogP contribution is 2.30. The molecule has 4 rings (SSSR count). The van der Waals surface area contributed by atoms with Crippen molar-refractivity contribution in [3.05, 3.63) is 53.7 Å². The van der Waals surface area contributed by atoms with Crippen LogP contribution in [0.2, 0.25) is 0 Å². The van der Waals surface area contributed by atoms with E-state index in [-0.39, 0.29) is 24.2 Å². The molecular formula is C25H30N4O5. The van der Waals surface area contributed by atoms with Crippen LogP contribution >= 0.6 is 0 Å². The number of hydrogen-bond acceptors (Lipinski definition) is 6. The van der Waals surface area contributed by atoms with Crippen LogP contribution in [0.3, 0.4) is 0 Å². The predicted molar refractivity (Wildman–Crippen MR) is 126 cm³/mol. The molecule has 2 N–H and O–H groups in total. The summed E-state index contributed by atoms with van der Waals surface area (Å²) in [6.07, 6.45) is 5.60. The fraction of sp³-hybridized carbons (Fsp3) is 0.440. The zero-order valence-electron chi connectivity index (χ0n) is 19.3. The van der Waals surface area contributed by atoms with Gasteiger partial charge in [-0.15, -0.1) is 0 Å². The first kappa shape index (κ1) is 23.5. The predicted octanol–water partition coefficient (Wildman–Crippen LogP) is 4.34. The van der Waals surface area contributed by atoms with Gasteiger partial charge in [0.05, 0.1) is 7.11 Å². The number of esters is 1. The smallest absolute Gasteiger partial charge is 0.410 e. The van der Waals surface area contributed by atoms with E-state index >= 15 is 0 Å². The first-order chi connectivity index (χ1) is 16.5. The van der Waals surface area contributed by atoms with Crippen LogP contribution in [0.4, 0.5) is 21.1 Å². The minimum Gasteiger partial charge on any atom is -0.469 e. The average Bonchev–Trinajstić information content (AvgIpc) is 2.85. The zero-order chi connectivity index (χ0) is 23.9. The van der Waals surface area contributed by atoms with Gasteiger partial charge in [-0.25, -0.2) is 14.6 Å². The third-order valence-electron chi connectivity index (χ3n) is 6.39. The number of urea groups is 1. The lowest BCUT2D eigenvalue weighted by atomic mass is 9.85. The number of hydrogen-bond donors (Lipinski definition) is 2. The van der Waals surface area contributed by atoms with Crippen molar-refractivity contribution in [1.29, 1.82) is 0 Å².